The molecule has 0 saturated carbocycles. The molecule has 1 atom stereocenters. The average molecular weight is 501 g/mol. The number of hydrogen-bond acceptors (Lipinski definition) is 4. The van der Waals surface area contributed by atoms with Crippen molar-refractivity contribution in [3.05, 3.63) is 36.9 Å². The third kappa shape index (κ3) is 3.41. The predicted octanol–water partition coefficient (Wildman–Crippen LogP) is 5.78. The Balaban J connectivity index is 2.52. The van der Waals surface area contributed by atoms with Crippen LogP contribution in [0.3, 0.4) is 0 Å². The molecule has 114 valence electrons. The van der Waals surface area contributed by atoms with Crippen LogP contribution in [0.1, 0.15) is 15.3 Å². The fourth-order valence-corrected chi connectivity index (χ4v) is 4.83. The van der Waals surface area contributed by atoms with Gasteiger partial charge in [-0.1, -0.05) is 15.9 Å². The molecule has 0 aliphatic carbocycles. The lowest BCUT2D eigenvalue weighted by molar-refractivity contribution is 0.322. The topological polar surface area (TPSA) is 27.7 Å². The summed E-state index contributed by atoms with van der Waals surface area (Å²) in [6.07, 6.45) is 0. The molecule has 1 unspecified atom stereocenters. The van der Waals surface area contributed by atoms with E-state index in [4.69, 9.17) is 14.2 Å². The normalized spacial score (nSPS) is 12.1. The highest BCUT2D eigenvalue weighted by Gasteiger charge is 2.23. The standard InChI is InChI=1S/C14H13Br3O3S/c1-18-9-5-4-7(12(19-2)13(9)20-3)11(16)10-6-8(15)14(17)21-10/h4-6,11H,1-3H3. The van der Waals surface area contributed by atoms with E-state index < -0.39 is 0 Å². The Hall–Kier alpha value is -0.240. The van der Waals surface area contributed by atoms with E-state index in [0.717, 1.165) is 18.7 Å². The summed E-state index contributed by atoms with van der Waals surface area (Å²) in [5.74, 6) is 1.90. The van der Waals surface area contributed by atoms with E-state index in [-0.39, 0.29) is 4.83 Å². The van der Waals surface area contributed by atoms with Gasteiger partial charge < -0.3 is 14.2 Å². The zero-order chi connectivity index (χ0) is 15.6. The number of hydrogen-bond donors (Lipinski definition) is 0. The van der Waals surface area contributed by atoms with Gasteiger partial charge in [0.25, 0.3) is 0 Å². The Bertz CT molecular complexity index is 623. The van der Waals surface area contributed by atoms with E-state index in [1.165, 1.54) is 0 Å². The first-order valence-electron chi connectivity index (χ1n) is 5.91. The maximum absolute atomic E-state index is 5.54. The summed E-state index contributed by atoms with van der Waals surface area (Å²) in [7, 11) is 4.84. The van der Waals surface area contributed by atoms with Crippen LogP contribution in [-0.4, -0.2) is 21.3 Å². The second-order valence-corrected chi connectivity index (χ2v) is 8.23. The molecule has 1 heterocycles. The number of benzene rings is 1. The zero-order valence-corrected chi connectivity index (χ0v) is 17.2. The van der Waals surface area contributed by atoms with Crippen LogP contribution >= 0.6 is 59.1 Å². The Kier molecular flexibility index (Phi) is 5.99. The van der Waals surface area contributed by atoms with E-state index in [9.17, 15) is 0 Å². The molecule has 3 nitrogen and oxygen atoms in total. The maximum atomic E-state index is 5.54. The van der Waals surface area contributed by atoms with Crippen molar-refractivity contribution in [3.63, 3.8) is 0 Å². The van der Waals surface area contributed by atoms with Crippen LogP contribution in [0, 0.1) is 0 Å². The first kappa shape index (κ1) is 17.1. The zero-order valence-electron chi connectivity index (χ0n) is 11.6. The van der Waals surface area contributed by atoms with Crippen LogP contribution < -0.4 is 14.2 Å². The maximum Gasteiger partial charge on any atom is 0.203 e. The number of ether oxygens (including phenoxy) is 3. The number of halogens is 3. The lowest BCUT2D eigenvalue weighted by Crippen LogP contribution is -2.00. The molecule has 0 N–H and O–H groups in total. The first-order chi connectivity index (χ1) is 10.0. The molecule has 0 amide bonds. The Morgan fingerprint density at radius 3 is 2.14 bits per heavy atom. The summed E-state index contributed by atoms with van der Waals surface area (Å²) >= 11 is 12.4. The summed E-state index contributed by atoms with van der Waals surface area (Å²) in [4.78, 5) is 1.15. The SMILES string of the molecule is COc1ccc(C(Br)c2cc(Br)c(Br)s2)c(OC)c1OC. The van der Waals surface area contributed by atoms with E-state index in [1.54, 1.807) is 32.7 Å². The van der Waals surface area contributed by atoms with E-state index in [2.05, 4.69) is 53.9 Å². The van der Waals surface area contributed by atoms with E-state index >= 15 is 0 Å². The molecule has 21 heavy (non-hydrogen) atoms. The van der Waals surface area contributed by atoms with Crippen molar-refractivity contribution in [2.45, 2.75) is 4.83 Å². The fourth-order valence-electron chi connectivity index (χ4n) is 1.97. The van der Waals surface area contributed by atoms with Gasteiger partial charge in [0, 0.05) is 14.9 Å². The van der Waals surface area contributed by atoms with Crippen molar-refractivity contribution in [1.29, 1.82) is 0 Å². The largest absolute Gasteiger partial charge is 0.493 e. The Morgan fingerprint density at radius 2 is 1.67 bits per heavy atom. The van der Waals surface area contributed by atoms with Gasteiger partial charge in [-0.05, 0) is 50.1 Å². The lowest BCUT2D eigenvalue weighted by atomic mass is 10.1. The molecule has 2 aromatic rings. The van der Waals surface area contributed by atoms with Crippen molar-refractivity contribution < 1.29 is 14.2 Å². The number of alkyl halides is 1. The van der Waals surface area contributed by atoms with Gasteiger partial charge in [-0.2, -0.15) is 0 Å². The van der Waals surface area contributed by atoms with Crippen molar-refractivity contribution >= 4 is 59.1 Å². The van der Waals surface area contributed by atoms with Crippen molar-refractivity contribution in [1.82, 2.24) is 0 Å². The number of methoxy groups -OCH3 is 3. The lowest BCUT2D eigenvalue weighted by Gasteiger charge is -2.18. The van der Waals surface area contributed by atoms with Crippen LogP contribution in [0.4, 0.5) is 0 Å². The van der Waals surface area contributed by atoms with Gasteiger partial charge in [0.1, 0.15) is 0 Å². The van der Waals surface area contributed by atoms with Crippen LogP contribution in [0.2, 0.25) is 0 Å². The molecule has 0 saturated heterocycles. The molecule has 7 heteroatoms. The minimum Gasteiger partial charge on any atom is -0.493 e. The van der Waals surface area contributed by atoms with Crippen molar-refractivity contribution in [2.75, 3.05) is 21.3 Å². The highest BCUT2D eigenvalue weighted by molar-refractivity contribution is 9.13. The second-order valence-electron chi connectivity index (χ2n) is 4.06. The molecule has 0 fully saturated rings. The van der Waals surface area contributed by atoms with E-state index in [1.807, 2.05) is 12.1 Å². The van der Waals surface area contributed by atoms with Gasteiger partial charge in [-0.15, -0.1) is 11.3 Å². The molecule has 0 aliphatic heterocycles. The second kappa shape index (κ2) is 7.35. The molecular weight excluding hydrogens is 488 g/mol. The summed E-state index contributed by atoms with van der Waals surface area (Å²) in [5.41, 5.74) is 0.983. The molecule has 2 rings (SSSR count). The third-order valence-electron chi connectivity index (χ3n) is 2.92. The average Bonchev–Trinajstić information content (AvgIpc) is 2.84. The Morgan fingerprint density at radius 1 is 1.00 bits per heavy atom. The third-order valence-corrected chi connectivity index (χ3v) is 7.53. The molecular formula is C14H13Br3O3S. The molecule has 1 aromatic carbocycles. The van der Waals surface area contributed by atoms with Crippen LogP contribution in [0.5, 0.6) is 17.2 Å². The van der Waals surface area contributed by atoms with Gasteiger partial charge in [0.2, 0.25) is 5.75 Å². The molecule has 0 spiro atoms. The van der Waals surface area contributed by atoms with Crippen LogP contribution in [-0.2, 0) is 0 Å². The highest BCUT2D eigenvalue weighted by atomic mass is 79.9. The first-order valence-corrected chi connectivity index (χ1v) is 9.23. The highest BCUT2D eigenvalue weighted by Crippen LogP contribution is 2.48. The summed E-state index contributed by atoms with van der Waals surface area (Å²) in [6.45, 7) is 0. The monoisotopic (exact) mass is 498 g/mol. The van der Waals surface area contributed by atoms with Crippen molar-refractivity contribution in [2.24, 2.45) is 0 Å². The van der Waals surface area contributed by atoms with Gasteiger partial charge in [-0.25, -0.2) is 0 Å². The van der Waals surface area contributed by atoms with Gasteiger partial charge >= 0.3 is 0 Å². The summed E-state index contributed by atoms with van der Waals surface area (Å²) < 4.78 is 18.4. The minimum absolute atomic E-state index is 0.000133. The van der Waals surface area contributed by atoms with Crippen LogP contribution in [0.25, 0.3) is 0 Å². The summed E-state index contributed by atoms with van der Waals surface area (Å²) in [5, 5.41) is 0. The molecule has 0 aliphatic rings. The minimum atomic E-state index is -0.000133. The smallest absolute Gasteiger partial charge is 0.203 e. The van der Waals surface area contributed by atoms with E-state index in [0.29, 0.717) is 17.2 Å². The van der Waals surface area contributed by atoms with Crippen molar-refractivity contribution in [3.8, 4) is 17.2 Å². The predicted molar refractivity (Wildman–Crippen MR) is 96.6 cm³/mol. The molecule has 0 radical (unpaired) electrons. The quantitative estimate of drug-likeness (QED) is 0.487. The molecule has 0 bridgehead atoms. The van der Waals surface area contributed by atoms with Gasteiger partial charge in [0.15, 0.2) is 11.5 Å². The fraction of sp³-hybridized carbons (Fsp3) is 0.286. The van der Waals surface area contributed by atoms with Crippen LogP contribution in [0.15, 0.2) is 26.5 Å². The molecule has 1 aromatic heterocycles. The van der Waals surface area contributed by atoms with Gasteiger partial charge in [0.05, 0.1) is 29.9 Å². The number of thiophene rings is 1. The number of rotatable bonds is 5. The summed E-state index contributed by atoms with van der Waals surface area (Å²) in [6, 6.07) is 5.92. The Labute approximate surface area is 153 Å². The van der Waals surface area contributed by atoms with Gasteiger partial charge in [-0.3, -0.25) is 0 Å².